The Labute approximate surface area is 57.3 Å². The van der Waals surface area contributed by atoms with Gasteiger partial charge in [-0.1, -0.05) is 30.3 Å². The van der Waals surface area contributed by atoms with Crippen molar-refractivity contribution < 1.29 is 4.80 Å². The van der Waals surface area contributed by atoms with Gasteiger partial charge in [0.1, 0.15) is 0 Å². The van der Waals surface area contributed by atoms with Crippen molar-refractivity contribution in [2.24, 2.45) is 0 Å². The largest absolute Gasteiger partial charge is 0.435 e. The molecule has 0 saturated carbocycles. The lowest BCUT2D eigenvalue weighted by molar-refractivity contribution is 0.600. The fraction of sp³-hybridized carbons (Fsp3) is 0.143. The second kappa shape index (κ2) is 3.43. The quantitative estimate of drug-likeness (QED) is 0.590. The lowest BCUT2D eigenvalue weighted by atomic mass is 10.2. The van der Waals surface area contributed by atoms with Crippen LogP contribution in [0.4, 0.5) is 0 Å². The average Bonchev–Trinajstić information content (AvgIpc) is 1.91. The third-order valence-electron chi connectivity index (χ3n) is 1.17. The molecule has 1 radical (unpaired) electrons. The van der Waals surface area contributed by atoms with Crippen LogP contribution in [0.25, 0.3) is 0 Å². The van der Waals surface area contributed by atoms with E-state index in [1.54, 1.807) is 0 Å². The molecule has 9 heavy (non-hydrogen) atoms. The van der Waals surface area contributed by atoms with Gasteiger partial charge in [-0.2, -0.15) is 0 Å². The summed E-state index contributed by atoms with van der Waals surface area (Å²) in [6.07, 6.45) is 0. The van der Waals surface area contributed by atoms with Gasteiger partial charge in [-0.3, -0.25) is 0 Å². The van der Waals surface area contributed by atoms with Crippen molar-refractivity contribution in [3.8, 4) is 0 Å². The second-order valence-electron chi connectivity index (χ2n) is 1.87. The Bertz CT molecular complexity index is 162. The van der Waals surface area contributed by atoms with Crippen molar-refractivity contribution in [1.29, 1.82) is 0 Å². The third kappa shape index (κ3) is 1.99. The van der Waals surface area contributed by atoms with Crippen molar-refractivity contribution in [2.45, 2.75) is 6.04 Å². The molecule has 0 fully saturated rings. The second-order valence-corrected chi connectivity index (χ2v) is 2.65. The van der Waals surface area contributed by atoms with Gasteiger partial charge in [0.15, 0.2) is 9.76 Å². The van der Waals surface area contributed by atoms with E-state index in [4.69, 9.17) is 4.80 Å². The van der Waals surface area contributed by atoms with Crippen LogP contribution in [-0.4, -0.2) is 14.6 Å². The summed E-state index contributed by atoms with van der Waals surface area (Å²) in [6, 6.07) is 10.9. The van der Waals surface area contributed by atoms with Gasteiger partial charge >= 0.3 is 0 Å². The first kappa shape index (κ1) is 6.52. The third-order valence-corrected chi connectivity index (χ3v) is 1.82. The van der Waals surface area contributed by atoms with Gasteiger partial charge in [-0.25, -0.2) is 0 Å². The van der Waals surface area contributed by atoms with Crippen molar-refractivity contribution in [3.05, 3.63) is 35.9 Å². The van der Waals surface area contributed by atoms with Crippen LogP contribution in [0.15, 0.2) is 30.3 Å². The maximum atomic E-state index is 8.60. The monoisotopic (exact) mass is 137 g/mol. The van der Waals surface area contributed by atoms with E-state index in [9.17, 15) is 0 Å². The molecule has 2 heteroatoms. The number of benzene rings is 1. The molecule has 0 amide bonds. The molecule has 0 heterocycles. The molecule has 0 aliphatic rings. The summed E-state index contributed by atoms with van der Waals surface area (Å²) in [5.74, 6) is 0. The zero-order valence-electron chi connectivity index (χ0n) is 5.12. The van der Waals surface area contributed by atoms with E-state index in [0.29, 0.717) is 0 Å². The zero-order valence-corrected chi connectivity index (χ0v) is 6.27. The van der Waals surface area contributed by atoms with Gasteiger partial charge in [0.05, 0.1) is 0 Å². The first-order valence-corrected chi connectivity index (χ1v) is 4.26. The Morgan fingerprint density at radius 3 is 2.44 bits per heavy atom. The molecule has 0 bridgehead atoms. The first-order valence-electron chi connectivity index (χ1n) is 2.93. The molecule has 0 aliphatic heterocycles. The van der Waals surface area contributed by atoms with Gasteiger partial charge in [0, 0.05) is 0 Å². The highest BCUT2D eigenvalue weighted by molar-refractivity contribution is 6.24. The zero-order chi connectivity index (χ0) is 6.53. The average molecular weight is 137 g/mol. The number of rotatable bonds is 2. The Morgan fingerprint density at radius 2 is 1.89 bits per heavy atom. The van der Waals surface area contributed by atoms with Crippen LogP contribution in [0.3, 0.4) is 0 Å². The van der Waals surface area contributed by atoms with Gasteiger partial charge in [-0.05, 0) is 11.6 Å². The number of hydrogen-bond acceptors (Lipinski definition) is 1. The SMILES string of the molecule is O[SiH]Cc1ccccc1. The van der Waals surface area contributed by atoms with Crippen LogP contribution in [0.5, 0.6) is 0 Å². The molecule has 0 aromatic heterocycles. The minimum Gasteiger partial charge on any atom is -0.435 e. The first-order chi connectivity index (χ1) is 4.43. The topological polar surface area (TPSA) is 20.2 Å². The predicted octanol–water partition coefficient (Wildman–Crippen LogP) is 0.530. The normalized spacial score (nSPS) is 9.44. The van der Waals surface area contributed by atoms with Crippen LogP contribution >= 0.6 is 0 Å². The molecule has 0 aliphatic carbocycles. The summed E-state index contributed by atoms with van der Waals surface area (Å²) in [6.45, 7) is 0. The molecule has 47 valence electrons. The van der Waals surface area contributed by atoms with Gasteiger partial charge in [0.25, 0.3) is 0 Å². The van der Waals surface area contributed by atoms with Crippen LogP contribution in [-0.2, 0) is 6.04 Å². The van der Waals surface area contributed by atoms with Crippen LogP contribution in [0.2, 0.25) is 0 Å². The molecular weight excluding hydrogens is 128 g/mol. The molecule has 1 aromatic rings. The highest BCUT2D eigenvalue weighted by atomic mass is 28.2. The van der Waals surface area contributed by atoms with Gasteiger partial charge in [-0.15, -0.1) is 0 Å². The standard InChI is InChI=1S/C7H9OSi/c8-9-6-7-4-2-1-3-5-7/h1-5,8-9H,6H2. The lowest BCUT2D eigenvalue weighted by Gasteiger charge is -1.92. The number of hydrogen-bond donors (Lipinski definition) is 1. The maximum Gasteiger partial charge on any atom is 0.192 e. The van der Waals surface area contributed by atoms with E-state index < -0.39 is 0 Å². The smallest absolute Gasteiger partial charge is 0.192 e. The van der Waals surface area contributed by atoms with Crippen molar-refractivity contribution in [2.75, 3.05) is 0 Å². The minimum atomic E-state index is -0.375. The Kier molecular flexibility index (Phi) is 2.48. The maximum absolute atomic E-state index is 8.60. The molecule has 0 saturated heterocycles. The molecule has 1 rings (SSSR count). The van der Waals surface area contributed by atoms with E-state index in [-0.39, 0.29) is 9.76 Å². The van der Waals surface area contributed by atoms with E-state index in [1.807, 2.05) is 30.3 Å². The van der Waals surface area contributed by atoms with Crippen LogP contribution in [0, 0.1) is 0 Å². The van der Waals surface area contributed by atoms with E-state index in [0.717, 1.165) is 6.04 Å². The Morgan fingerprint density at radius 1 is 1.22 bits per heavy atom. The van der Waals surface area contributed by atoms with Crippen molar-refractivity contribution >= 4 is 9.76 Å². The van der Waals surface area contributed by atoms with Crippen LogP contribution in [0.1, 0.15) is 5.56 Å². The summed E-state index contributed by atoms with van der Waals surface area (Å²) >= 11 is 0. The molecule has 0 unspecified atom stereocenters. The molecule has 1 aromatic carbocycles. The summed E-state index contributed by atoms with van der Waals surface area (Å²) in [4.78, 5) is 8.60. The lowest BCUT2D eigenvalue weighted by Crippen LogP contribution is -1.93. The van der Waals surface area contributed by atoms with Gasteiger partial charge in [0.2, 0.25) is 0 Å². The molecule has 1 nitrogen and oxygen atoms in total. The van der Waals surface area contributed by atoms with Crippen molar-refractivity contribution in [3.63, 3.8) is 0 Å². The fourth-order valence-electron chi connectivity index (χ4n) is 0.720. The van der Waals surface area contributed by atoms with E-state index >= 15 is 0 Å². The van der Waals surface area contributed by atoms with Crippen molar-refractivity contribution in [1.82, 2.24) is 0 Å². The summed E-state index contributed by atoms with van der Waals surface area (Å²) < 4.78 is 0. The summed E-state index contributed by atoms with van der Waals surface area (Å²) in [5, 5.41) is 0. The Hall–Kier alpha value is -0.603. The fourth-order valence-corrected chi connectivity index (χ4v) is 1.20. The predicted molar refractivity (Wildman–Crippen MR) is 39.5 cm³/mol. The highest BCUT2D eigenvalue weighted by Crippen LogP contribution is 1.96. The highest BCUT2D eigenvalue weighted by Gasteiger charge is 1.87. The molecule has 1 N–H and O–H groups in total. The van der Waals surface area contributed by atoms with Crippen LogP contribution < -0.4 is 0 Å². The van der Waals surface area contributed by atoms with E-state index in [2.05, 4.69) is 0 Å². The van der Waals surface area contributed by atoms with E-state index in [1.165, 1.54) is 5.56 Å². The van der Waals surface area contributed by atoms with Gasteiger partial charge < -0.3 is 4.80 Å². The summed E-state index contributed by atoms with van der Waals surface area (Å²) in [5.41, 5.74) is 1.23. The Balaban J connectivity index is 2.61. The summed E-state index contributed by atoms with van der Waals surface area (Å²) in [7, 11) is -0.375. The molecule has 0 atom stereocenters. The molecule has 0 spiro atoms. The molecular formula is C7H9OSi. The minimum absolute atomic E-state index is 0.375.